The van der Waals surface area contributed by atoms with Gasteiger partial charge in [0, 0.05) is 13.1 Å². The van der Waals surface area contributed by atoms with Crippen LogP contribution in [0.2, 0.25) is 0 Å². The van der Waals surface area contributed by atoms with Crippen LogP contribution in [-0.2, 0) is 14.6 Å². The molecule has 0 bridgehead atoms. The fraction of sp³-hybridized carbons (Fsp3) is 0.417. The molecule has 1 aromatic carbocycles. The lowest BCUT2D eigenvalue weighted by Crippen LogP contribution is -2.43. The number of carbonyl (C=O) groups is 1. The molecule has 1 saturated heterocycles. The highest BCUT2D eigenvalue weighted by atomic mass is 32.2. The molecule has 1 aliphatic rings. The first-order chi connectivity index (χ1) is 9.35. The predicted octanol–water partition coefficient (Wildman–Crippen LogP) is 0.0768. The molecule has 20 heavy (non-hydrogen) atoms. The number of sulfone groups is 1. The number of hydrogen-bond acceptors (Lipinski definition) is 5. The summed E-state index contributed by atoms with van der Waals surface area (Å²) >= 11 is 0. The van der Waals surface area contributed by atoms with Crippen LogP contribution in [0.15, 0.2) is 18.2 Å². The maximum absolute atomic E-state index is 12.9. The summed E-state index contributed by atoms with van der Waals surface area (Å²) in [6.07, 6.45) is 0. The summed E-state index contributed by atoms with van der Waals surface area (Å²) in [5.41, 5.74) is 6.09. The van der Waals surface area contributed by atoms with Crippen molar-refractivity contribution in [3.05, 3.63) is 24.0 Å². The Hall–Kier alpha value is -1.67. The highest BCUT2D eigenvalue weighted by molar-refractivity contribution is 7.91. The summed E-state index contributed by atoms with van der Waals surface area (Å²) in [5, 5.41) is 2.58. The van der Waals surface area contributed by atoms with E-state index in [1.807, 2.05) is 0 Å². The molecule has 0 spiro atoms. The molecule has 0 unspecified atom stereocenters. The minimum absolute atomic E-state index is 0.0684. The van der Waals surface area contributed by atoms with Crippen LogP contribution in [0.3, 0.4) is 0 Å². The lowest BCUT2D eigenvalue weighted by Gasteiger charge is -2.25. The van der Waals surface area contributed by atoms with Crippen LogP contribution in [0.4, 0.5) is 15.8 Å². The molecule has 1 aliphatic heterocycles. The zero-order chi connectivity index (χ0) is 14.8. The predicted molar refractivity (Wildman–Crippen MR) is 74.5 cm³/mol. The largest absolute Gasteiger partial charge is 0.397 e. The Bertz CT molecular complexity index is 604. The van der Waals surface area contributed by atoms with E-state index in [-0.39, 0.29) is 29.6 Å². The second-order valence-corrected chi connectivity index (χ2v) is 7.01. The zero-order valence-electron chi connectivity index (χ0n) is 10.8. The SMILES string of the molecule is Nc1cc(F)ccc1NC(=O)CN1CCS(=O)(=O)CC1. The van der Waals surface area contributed by atoms with Crippen LogP contribution in [0.1, 0.15) is 0 Å². The lowest BCUT2D eigenvalue weighted by atomic mass is 10.2. The number of nitrogens with two attached hydrogens (primary N) is 1. The molecule has 0 atom stereocenters. The molecule has 3 N–H and O–H groups in total. The van der Waals surface area contributed by atoms with E-state index in [2.05, 4.69) is 5.32 Å². The molecule has 1 heterocycles. The summed E-state index contributed by atoms with van der Waals surface area (Å²) in [7, 11) is -2.96. The number of hydrogen-bond donors (Lipinski definition) is 2. The maximum Gasteiger partial charge on any atom is 0.238 e. The van der Waals surface area contributed by atoms with Gasteiger partial charge in [-0.2, -0.15) is 0 Å². The highest BCUT2D eigenvalue weighted by Crippen LogP contribution is 2.19. The van der Waals surface area contributed by atoms with Crippen molar-refractivity contribution in [1.29, 1.82) is 0 Å². The standard InChI is InChI=1S/C12H16FN3O3S/c13-9-1-2-11(10(14)7-9)15-12(17)8-16-3-5-20(18,19)6-4-16/h1-2,7H,3-6,8,14H2,(H,15,17). The van der Waals surface area contributed by atoms with E-state index < -0.39 is 15.7 Å². The van der Waals surface area contributed by atoms with Gasteiger partial charge in [-0.1, -0.05) is 0 Å². The van der Waals surface area contributed by atoms with Crippen molar-refractivity contribution in [1.82, 2.24) is 4.90 Å². The van der Waals surface area contributed by atoms with Gasteiger partial charge >= 0.3 is 0 Å². The lowest BCUT2D eigenvalue weighted by molar-refractivity contribution is -0.117. The number of amides is 1. The summed E-state index contributed by atoms with van der Waals surface area (Å²) in [6.45, 7) is 0.773. The summed E-state index contributed by atoms with van der Waals surface area (Å²) in [6, 6.07) is 3.73. The molecular formula is C12H16FN3O3S. The van der Waals surface area contributed by atoms with Crippen LogP contribution in [0.5, 0.6) is 0 Å². The zero-order valence-corrected chi connectivity index (χ0v) is 11.6. The van der Waals surface area contributed by atoms with E-state index in [0.717, 1.165) is 6.07 Å². The van der Waals surface area contributed by atoms with E-state index in [0.29, 0.717) is 18.8 Å². The number of nitrogen functional groups attached to an aromatic ring is 1. The van der Waals surface area contributed by atoms with E-state index in [1.165, 1.54) is 12.1 Å². The van der Waals surface area contributed by atoms with Gasteiger partial charge in [-0.3, -0.25) is 9.69 Å². The minimum Gasteiger partial charge on any atom is -0.397 e. The molecule has 1 aromatic rings. The Balaban J connectivity index is 1.90. The Morgan fingerprint density at radius 1 is 1.35 bits per heavy atom. The Morgan fingerprint density at radius 2 is 2.00 bits per heavy atom. The van der Waals surface area contributed by atoms with Crippen LogP contribution in [-0.4, -0.2) is 50.4 Å². The van der Waals surface area contributed by atoms with Gasteiger partial charge < -0.3 is 11.1 Å². The summed E-state index contributed by atoms with van der Waals surface area (Å²) in [5.74, 6) is -0.637. The number of nitrogens with zero attached hydrogens (tertiary/aromatic N) is 1. The number of halogens is 1. The molecule has 110 valence electrons. The first-order valence-corrected chi connectivity index (χ1v) is 7.95. The van der Waals surface area contributed by atoms with E-state index in [1.54, 1.807) is 4.90 Å². The maximum atomic E-state index is 12.9. The Morgan fingerprint density at radius 3 is 2.60 bits per heavy atom. The van der Waals surface area contributed by atoms with Crippen molar-refractivity contribution in [3.63, 3.8) is 0 Å². The average molecular weight is 301 g/mol. The normalized spacial score (nSPS) is 18.6. The molecule has 0 saturated carbocycles. The number of rotatable bonds is 3. The first kappa shape index (κ1) is 14.7. The van der Waals surface area contributed by atoms with Crippen molar-refractivity contribution >= 4 is 27.1 Å². The van der Waals surface area contributed by atoms with Crippen molar-refractivity contribution < 1.29 is 17.6 Å². The molecule has 0 aromatic heterocycles. The molecule has 0 aliphatic carbocycles. The van der Waals surface area contributed by atoms with E-state index in [4.69, 9.17) is 5.73 Å². The third-order valence-electron chi connectivity index (χ3n) is 3.09. The van der Waals surface area contributed by atoms with Crippen LogP contribution >= 0.6 is 0 Å². The summed E-state index contributed by atoms with van der Waals surface area (Å²) in [4.78, 5) is 13.6. The van der Waals surface area contributed by atoms with E-state index >= 15 is 0 Å². The van der Waals surface area contributed by atoms with Crippen LogP contribution < -0.4 is 11.1 Å². The molecule has 0 radical (unpaired) electrons. The van der Waals surface area contributed by atoms with Crippen LogP contribution in [0.25, 0.3) is 0 Å². The fourth-order valence-electron chi connectivity index (χ4n) is 1.95. The molecule has 1 fully saturated rings. The minimum atomic E-state index is -2.96. The molecule has 1 amide bonds. The summed E-state index contributed by atoms with van der Waals surface area (Å²) < 4.78 is 35.4. The second-order valence-electron chi connectivity index (χ2n) is 4.71. The molecular weight excluding hydrogens is 285 g/mol. The Labute approximate surface area is 116 Å². The van der Waals surface area contributed by atoms with Gasteiger partial charge in [-0.15, -0.1) is 0 Å². The third-order valence-corrected chi connectivity index (χ3v) is 4.70. The number of carbonyl (C=O) groups excluding carboxylic acids is 1. The number of nitrogens with one attached hydrogen (secondary N) is 1. The van der Waals surface area contributed by atoms with Crippen molar-refractivity contribution in [2.24, 2.45) is 0 Å². The third kappa shape index (κ3) is 3.91. The average Bonchev–Trinajstić information content (AvgIpc) is 2.35. The fourth-order valence-corrected chi connectivity index (χ4v) is 3.23. The smallest absolute Gasteiger partial charge is 0.238 e. The van der Waals surface area contributed by atoms with Crippen molar-refractivity contribution in [2.45, 2.75) is 0 Å². The highest BCUT2D eigenvalue weighted by Gasteiger charge is 2.23. The number of benzene rings is 1. The molecule has 8 heteroatoms. The quantitative estimate of drug-likeness (QED) is 0.771. The van der Waals surface area contributed by atoms with Crippen molar-refractivity contribution in [2.75, 3.05) is 42.2 Å². The van der Waals surface area contributed by atoms with Gasteiger partial charge in [-0.25, -0.2) is 12.8 Å². The molecule has 2 rings (SSSR count). The topological polar surface area (TPSA) is 92.5 Å². The van der Waals surface area contributed by atoms with Crippen LogP contribution in [0, 0.1) is 5.82 Å². The second kappa shape index (κ2) is 5.76. The monoisotopic (exact) mass is 301 g/mol. The van der Waals surface area contributed by atoms with Gasteiger partial charge in [0.2, 0.25) is 5.91 Å². The van der Waals surface area contributed by atoms with Gasteiger partial charge in [0.25, 0.3) is 0 Å². The van der Waals surface area contributed by atoms with Gasteiger partial charge in [0.05, 0.1) is 29.4 Å². The van der Waals surface area contributed by atoms with Crippen molar-refractivity contribution in [3.8, 4) is 0 Å². The van der Waals surface area contributed by atoms with E-state index in [9.17, 15) is 17.6 Å². The Kier molecular flexibility index (Phi) is 4.24. The first-order valence-electron chi connectivity index (χ1n) is 6.13. The molecule has 6 nitrogen and oxygen atoms in total. The van der Waals surface area contributed by atoms with Gasteiger partial charge in [-0.05, 0) is 18.2 Å². The van der Waals surface area contributed by atoms with Gasteiger partial charge in [0.15, 0.2) is 9.84 Å². The van der Waals surface area contributed by atoms with Gasteiger partial charge in [0.1, 0.15) is 5.82 Å². The number of anilines is 2.